The van der Waals surface area contributed by atoms with Gasteiger partial charge in [-0.15, -0.1) is 0 Å². The molecule has 3 rings (SSSR count). The van der Waals surface area contributed by atoms with Gasteiger partial charge < -0.3 is 14.0 Å². The van der Waals surface area contributed by atoms with E-state index in [1.54, 1.807) is 34.2 Å². The molecule has 2 aromatic heterocycles. The van der Waals surface area contributed by atoms with Crippen LogP contribution < -0.4 is 9.61 Å². The van der Waals surface area contributed by atoms with Gasteiger partial charge in [0, 0.05) is 11.1 Å². The number of esters is 1. The van der Waals surface area contributed by atoms with Gasteiger partial charge in [0.15, 0.2) is 0 Å². The second kappa shape index (κ2) is 8.22. The third-order valence-corrected chi connectivity index (χ3v) is 5.04. The maximum atomic E-state index is 12.2. The Morgan fingerprint density at radius 3 is 2.78 bits per heavy atom. The van der Waals surface area contributed by atoms with E-state index in [2.05, 4.69) is 5.16 Å². The molecule has 0 unspecified atom stereocenters. The molecule has 0 aliphatic rings. The molecular weight excluding hydrogens is 368 g/mol. The van der Waals surface area contributed by atoms with Crippen LogP contribution in [0.5, 0.6) is 5.75 Å². The Balaban J connectivity index is 1.57. The zero-order valence-corrected chi connectivity index (χ0v) is 16.2. The van der Waals surface area contributed by atoms with Crippen LogP contribution in [0.1, 0.15) is 33.1 Å². The van der Waals surface area contributed by atoms with Crippen molar-refractivity contribution in [1.29, 1.82) is 0 Å². The molecule has 0 saturated carbocycles. The van der Waals surface area contributed by atoms with Crippen LogP contribution in [0.15, 0.2) is 39.0 Å². The number of carbonyl (C=O) groups is 1. The quantitative estimate of drug-likeness (QED) is 0.578. The van der Waals surface area contributed by atoms with E-state index in [1.807, 2.05) is 20.8 Å². The van der Waals surface area contributed by atoms with E-state index in [9.17, 15) is 9.59 Å². The van der Waals surface area contributed by atoms with Gasteiger partial charge >= 0.3 is 10.8 Å². The van der Waals surface area contributed by atoms with Gasteiger partial charge in [-0.2, -0.15) is 0 Å². The Kier molecular flexibility index (Phi) is 5.75. The lowest BCUT2D eigenvalue weighted by Crippen LogP contribution is -2.19. The Labute approximate surface area is 160 Å². The highest BCUT2D eigenvalue weighted by atomic mass is 32.1. The summed E-state index contributed by atoms with van der Waals surface area (Å²) in [5, 5.41) is 5.67. The van der Waals surface area contributed by atoms with Crippen molar-refractivity contribution >= 4 is 17.3 Å². The average Bonchev–Trinajstić information content (AvgIpc) is 3.15. The summed E-state index contributed by atoms with van der Waals surface area (Å²) < 4.78 is 17.7. The molecule has 1 aromatic carbocycles. The largest absolute Gasteiger partial charge is 0.489 e. The first kappa shape index (κ1) is 18.9. The number of ether oxygens (including phenoxy) is 2. The monoisotopic (exact) mass is 388 g/mol. The molecule has 0 radical (unpaired) electrons. The minimum absolute atomic E-state index is 0.0572. The zero-order chi connectivity index (χ0) is 19.4. The maximum Gasteiger partial charge on any atom is 0.338 e. The average molecular weight is 388 g/mol. The van der Waals surface area contributed by atoms with Crippen LogP contribution in [-0.2, 0) is 17.9 Å². The van der Waals surface area contributed by atoms with Crippen LogP contribution in [0.25, 0.3) is 0 Å². The van der Waals surface area contributed by atoms with E-state index in [-0.39, 0.29) is 11.5 Å². The molecule has 142 valence electrons. The summed E-state index contributed by atoms with van der Waals surface area (Å²) in [6, 6.07) is 6.78. The van der Waals surface area contributed by atoms with Gasteiger partial charge in [-0.3, -0.25) is 9.36 Å². The molecule has 2 heterocycles. The zero-order valence-electron chi connectivity index (χ0n) is 15.4. The molecule has 0 saturated heterocycles. The Bertz CT molecular complexity index is 982. The molecule has 0 spiro atoms. The SMILES string of the molecule is Cc1noc(C)c1COc1cccc(C(=O)OCCn2c(C)csc2=O)c1. The van der Waals surface area contributed by atoms with Gasteiger partial charge in [0.1, 0.15) is 24.7 Å². The number of rotatable bonds is 7. The minimum atomic E-state index is -0.460. The van der Waals surface area contributed by atoms with Crippen LogP contribution >= 0.6 is 11.3 Å². The van der Waals surface area contributed by atoms with Crippen LogP contribution in [0.2, 0.25) is 0 Å². The van der Waals surface area contributed by atoms with Gasteiger partial charge in [-0.1, -0.05) is 22.6 Å². The fourth-order valence-electron chi connectivity index (χ4n) is 2.56. The van der Waals surface area contributed by atoms with Gasteiger partial charge in [-0.25, -0.2) is 4.79 Å². The lowest BCUT2D eigenvalue weighted by atomic mass is 10.2. The van der Waals surface area contributed by atoms with E-state index in [0.717, 1.165) is 28.3 Å². The van der Waals surface area contributed by atoms with Crippen molar-refractivity contribution in [2.24, 2.45) is 0 Å². The predicted molar refractivity (Wildman–Crippen MR) is 100 cm³/mol. The normalized spacial score (nSPS) is 10.8. The lowest BCUT2D eigenvalue weighted by Gasteiger charge is -2.09. The number of thiazole rings is 1. The molecular formula is C19H20N2O5S. The molecule has 0 aliphatic heterocycles. The lowest BCUT2D eigenvalue weighted by molar-refractivity contribution is 0.0489. The Hall–Kier alpha value is -2.87. The number of hydrogen-bond donors (Lipinski definition) is 0. The van der Waals surface area contributed by atoms with Crippen molar-refractivity contribution in [3.63, 3.8) is 0 Å². The van der Waals surface area contributed by atoms with Crippen molar-refractivity contribution < 1.29 is 18.8 Å². The molecule has 0 aliphatic carbocycles. The topological polar surface area (TPSA) is 83.6 Å². The number of aromatic nitrogens is 2. The summed E-state index contributed by atoms with van der Waals surface area (Å²) in [5.41, 5.74) is 2.91. The van der Waals surface area contributed by atoms with Crippen molar-refractivity contribution in [1.82, 2.24) is 9.72 Å². The highest BCUT2D eigenvalue weighted by Crippen LogP contribution is 2.19. The van der Waals surface area contributed by atoms with Gasteiger partial charge in [-0.05, 0) is 39.0 Å². The fraction of sp³-hybridized carbons (Fsp3) is 0.316. The molecule has 7 nitrogen and oxygen atoms in total. The molecule has 27 heavy (non-hydrogen) atoms. The molecule has 0 fully saturated rings. The maximum absolute atomic E-state index is 12.2. The van der Waals surface area contributed by atoms with Crippen LogP contribution in [0.3, 0.4) is 0 Å². The first-order chi connectivity index (χ1) is 13.0. The first-order valence-corrected chi connectivity index (χ1v) is 9.30. The highest BCUT2D eigenvalue weighted by molar-refractivity contribution is 7.07. The highest BCUT2D eigenvalue weighted by Gasteiger charge is 2.12. The second-order valence-corrected chi connectivity index (χ2v) is 6.87. The molecule has 0 amide bonds. The Morgan fingerprint density at radius 1 is 1.30 bits per heavy atom. The summed E-state index contributed by atoms with van der Waals surface area (Å²) in [7, 11) is 0. The molecule has 3 aromatic rings. The van der Waals surface area contributed by atoms with E-state index < -0.39 is 5.97 Å². The van der Waals surface area contributed by atoms with Crippen molar-refractivity contribution in [2.45, 2.75) is 33.9 Å². The molecule has 0 bridgehead atoms. The molecule has 0 atom stereocenters. The van der Waals surface area contributed by atoms with Crippen LogP contribution in [0, 0.1) is 20.8 Å². The summed E-state index contributed by atoms with van der Waals surface area (Å²) >= 11 is 1.13. The number of hydrogen-bond acceptors (Lipinski definition) is 7. The van der Waals surface area contributed by atoms with E-state index in [0.29, 0.717) is 30.2 Å². The van der Waals surface area contributed by atoms with E-state index in [1.165, 1.54) is 0 Å². The Morgan fingerprint density at radius 2 is 2.11 bits per heavy atom. The minimum Gasteiger partial charge on any atom is -0.489 e. The van der Waals surface area contributed by atoms with Gasteiger partial charge in [0.2, 0.25) is 0 Å². The number of nitrogens with zero attached hydrogens (tertiary/aromatic N) is 2. The van der Waals surface area contributed by atoms with Crippen molar-refractivity contribution in [3.8, 4) is 5.75 Å². The summed E-state index contributed by atoms with van der Waals surface area (Å²) in [6.07, 6.45) is 0. The number of benzene rings is 1. The summed E-state index contributed by atoms with van der Waals surface area (Å²) in [5.74, 6) is 0.801. The number of carbonyl (C=O) groups excluding carboxylic acids is 1. The summed E-state index contributed by atoms with van der Waals surface area (Å²) in [6.45, 7) is 6.29. The predicted octanol–water partition coefficient (Wildman–Crippen LogP) is 3.26. The summed E-state index contributed by atoms with van der Waals surface area (Å²) in [4.78, 5) is 23.9. The van der Waals surface area contributed by atoms with E-state index >= 15 is 0 Å². The second-order valence-electron chi connectivity index (χ2n) is 6.05. The third-order valence-electron chi connectivity index (χ3n) is 4.16. The molecule has 0 N–H and O–H groups in total. The van der Waals surface area contributed by atoms with Gasteiger partial charge in [0.25, 0.3) is 0 Å². The standard InChI is InChI=1S/C19H20N2O5S/c1-12-11-27-19(23)21(12)7-8-24-18(22)15-5-4-6-16(9-15)25-10-17-13(2)20-26-14(17)3/h4-6,9,11H,7-8,10H2,1-3H3. The van der Waals surface area contributed by atoms with Crippen LogP contribution in [-0.4, -0.2) is 22.3 Å². The fourth-order valence-corrected chi connectivity index (χ4v) is 3.32. The smallest absolute Gasteiger partial charge is 0.338 e. The molecule has 8 heteroatoms. The van der Waals surface area contributed by atoms with Crippen molar-refractivity contribution in [2.75, 3.05) is 6.61 Å². The number of aryl methyl sites for hydroxylation is 3. The van der Waals surface area contributed by atoms with Crippen molar-refractivity contribution in [3.05, 3.63) is 67.6 Å². The van der Waals surface area contributed by atoms with E-state index in [4.69, 9.17) is 14.0 Å². The third kappa shape index (κ3) is 4.46. The van der Waals surface area contributed by atoms with Gasteiger partial charge in [0.05, 0.1) is 23.4 Å². The van der Waals surface area contributed by atoms with Crippen LogP contribution in [0.4, 0.5) is 0 Å². The first-order valence-electron chi connectivity index (χ1n) is 8.42.